The van der Waals surface area contributed by atoms with E-state index in [1.54, 1.807) is 31.6 Å². The van der Waals surface area contributed by atoms with E-state index >= 15 is 0 Å². The highest BCUT2D eigenvalue weighted by molar-refractivity contribution is 7.11. The van der Waals surface area contributed by atoms with Crippen molar-refractivity contribution >= 4 is 22.9 Å². The van der Waals surface area contributed by atoms with Gasteiger partial charge in [-0.3, -0.25) is 0 Å². The third-order valence-electron chi connectivity index (χ3n) is 3.02. The lowest BCUT2D eigenvalue weighted by atomic mass is 10.1. The van der Waals surface area contributed by atoms with Crippen molar-refractivity contribution in [2.45, 2.75) is 26.4 Å². The Bertz CT molecular complexity index is 832. The van der Waals surface area contributed by atoms with E-state index in [1.807, 2.05) is 0 Å². The second-order valence-electron chi connectivity index (χ2n) is 5.16. The molecule has 0 amide bonds. The second-order valence-corrected chi connectivity index (χ2v) is 6.02. The predicted molar refractivity (Wildman–Crippen MR) is 97.6 cm³/mol. The van der Waals surface area contributed by atoms with Crippen LogP contribution in [0.15, 0.2) is 23.8 Å². The Labute approximate surface area is 155 Å². The molecule has 1 atom stereocenters. The number of aromatic nitrogens is 3. The van der Waals surface area contributed by atoms with Gasteiger partial charge in [0.25, 0.3) is 0 Å². The summed E-state index contributed by atoms with van der Waals surface area (Å²) in [6, 6.07) is 0.230. The molecule has 1 unspecified atom stereocenters. The fourth-order valence-corrected chi connectivity index (χ4v) is 2.66. The van der Waals surface area contributed by atoms with Crippen LogP contribution in [0.5, 0.6) is 6.01 Å². The molecule has 7 nitrogen and oxygen atoms in total. The summed E-state index contributed by atoms with van der Waals surface area (Å²) in [7, 11) is 1.48. The van der Waals surface area contributed by atoms with E-state index in [4.69, 9.17) is 9.47 Å². The lowest BCUT2D eigenvalue weighted by Crippen LogP contribution is -2.02. The molecule has 26 heavy (non-hydrogen) atoms. The molecular weight excluding hydrogens is 354 g/mol. The number of ether oxygens (including phenoxy) is 2. The second kappa shape index (κ2) is 9.65. The molecule has 136 valence electrons. The molecular formula is C18H19N3O4S. The molecule has 2 heterocycles. The van der Waals surface area contributed by atoms with Gasteiger partial charge in [-0.15, -0.1) is 11.3 Å². The summed E-state index contributed by atoms with van der Waals surface area (Å²) in [5.74, 6) is 5.28. The van der Waals surface area contributed by atoms with Gasteiger partial charge in [-0.1, -0.05) is 5.92 Å². The molecule has 0 aliphatic heterocycles. The first-order valence-electron chi connectivity index (χ1n) is 7.91. The van der Waals surface area contributed by atoms with Crippen molar-refractivity contribution in [3.63, 3.8) is 0 Å². The van der Waals surface area contributed by atoms with Crippen LogP contribution in [-0.4, -0.2) is 45.8 Å². The highest BCUT2D eigenvalue weighted by Crippen LogP contribution is 2.26. The van der Waals surface area contributed by atoms with E-state index < -0.39 is 12.1 Å². The summed E-state index contributed by atoms with van der Waals surface area (Å²) >= 11 is 1.34. The number of carbonyl (C=O) groups is 1. The van der Waals surface area contributed by atoms with Gasteiger partial charge in [0.15, 0.2) is 0 Å². The highest BCUT2D eigenvalue weighted by atomic mass is 32.1. The number of hydrogen-bond acceptors (Lipinski definition) is 8. The molecule has 0 radical (unpaired) electrons. The number of aliphatic hydroxyl groups is 1. The Morgan fingerprint density at radius 2 is 2.15 bits per heavy atom. The zero-order valence-electron chi connectivity index (χ0n) is 14.7. The first kappa shape index (κ1) is 19.6. The van der Waals surface area contributed by atoms with Crippen molar-refractivity contribution < 1.29 is 19.4 Å². The molecule has 2 aromatic rings. The number of rotatable bonds is 6. The summed E-state index contributed by atoms with van der Waals surface area (Å²) in [6.45, 7) is 3.68. The van der Waals surface area contributed by atoms with E-state index in [9.17, 15) is 9.90 Å². The zero-order valence-corrected chi connectivity index (χ0v) is 15.5. The molecule has 0 fully saturated rings. The molecule has 0 bridgehead atoms. The minimum absolute atomic E-state index is 0.230. The fourth-order valence-electron chi connectivity index (χ4n) is 1.88. The van der Waals surface area contributed by atoms with Crippen LogP contribution in [0.3, 0.4) is 0 Å². The number of methoxy groups -OCH3 is 1. The minimum atomic E-state index is -0.490. The number of aliphatic hydroxyl groups excluding tert-OH is 1. The first-order valence-corrected chi connectivity index (χ1v) is 8.79. The van der Waals surface area contributed by atoms with Crippen molar-refractivity contribution in [3.05, 3.63) is 40.1 Å². The van der Waals surface area contributed by atoms with Gasteiger partial charge in [-0.25, -0.2) is 19.7 Å². The van der Waals surface area contributed by atoms with Crippen molar-refractivity contribution in [2.24, 2.45) is 0 Å². The van der Waals surface area contributed by atoms with Crippen LogP contribution in [-0.2, 0) is 9.53 Å². The smallest absolute Gasteiger partial charge is 0.331 e. The van der Waals surface area contributed by atoms with Gasteiger partial charge < -0.3 is 14.6 Å². The number of esters is 1. The molecule has 8 heteroatoms. The lowest BCUT2D eigenvalue weighted by molar-refractivity contribution is -0.137. The lowest BCUT2D eigenvalue weighted by Gasteiger charge is -2.05. The molecule has 0 aliphatic rings. The van der Waals surface area contributed by atoms with Gasteiger partial charge in [0, 0.05) is 41.4 Å². The van der Waals surface area contributed by atoms with Crippen molar-refractivity contribution in [1.82, 2.24) is 15.0 Å². The Balaban J connectivity index is 2.35. The maximum absolute atomic E-state index is 11.9. The van der Waals surface area contributed by atoms with Crippen LogP contribution in [0.4, 0.5) is 0 Å². The average Bonchev–Trinajstić information content (AvgIpc) is 3.08. The maximum Gasteiger partial charge on any atom is 0.331 e. The van der Waals surface area contributed by atoms with Crippen LogP contribution in [0.1, 0.15) is 36.5 Å². The number of carbonyl (C=O) groups excluding carboxylic acids is 1. The SMILES string of the molecule is CCOC(=O)/C=C(\c1cnc(OC)nc1)c1nc(C#CCC(C)O)cs1. The first-order chi connectivity index (χ1) is 12.5. The maximum atomic E-state index is 11.9. The van der Waals surface area contributed by atoms with Crippen LogP contribution in [0.2, 0.25) is 0 Å². The van der Waals surface area contributed by atoms with E-state index in [0.717, 1.165) is 0 Å². The minimum Gasteiger partial charge on any atom is -0.467 e. The predicted octanol–water partition coefficient (Wildman–Crippen LogP) is 2.06. The zero-order chi connectivity index (χ0) is 18.9. The molecule has 0 saturated heterocycles. The van der Waals surface area contributed by atoms with Crippen LogP contribution in [0, 0.1) is 11.8 Å². The van der Waals surface area contributed by atoms with Gasteiger partial charge in [-0.2, -0.15) is 0 Å². The Morgan fingerprint density at radius 1 is 1.42 bits per heavy atom. The average molecular weight is 373 g/mol. The monoisotopic (exact) mass is 373 g/mol. The van der Waals surface area contributed by atoms with Gasteiger partial charge in [0.05, 0.1) is 19.8 Å². The summed E-state index contributed by atoms with van der Waals surface area (Å²) in [5, 5.41) is 11.6. The van der Waals surface area contributed by atoms with Crippen molar-refractivity contribution in [2.75, 3.05) is 13.7 Å². The van der Waals surface area contributed by atoms with E-state index in [2.05, 4.69) is 26.8 Å². The molecule has 2 rings (SSSR count). The van der Waals surface area contributed by atoms with Crippen LogP contribution >= 0.6 is 11.3 Å². The normalized spacial score (nSPS) is 12.1. The van der Waals surface area contributed by atoms with Gasteiger partial charge >= 0.3 is 12.0 Å². The number of thiazole rings is 1. The molecule has 1 N–H and O–H groups in total. The topological polar surface area (TPSA) is 94.4 Å². The molecule has 0 aliphatic carbocycles. The molecule has 0 aromatic carbocycles. The van der Waals surface area contributed by atoms with Crippen LogP contribution < -0.4 is 4.74 Å². The highest BCUT2D eigenvalue weighted by Gasteiger charge is 2.14. The van der Waals surface area contributed by atoms with E-state index in [-0.39, 0.29) is 12.6 Å². The Hall–Kier alpha value is -2.76. The molecule has 0 saturated carbocycles. The van der Waals surface area contributed by atoms with Gasteiger partial charge in [0.1, 0.15) is 10.7 Å². The molecule has 2 aromatic heterocycles. The van der Waals surface area contributed by atoms with Crippen molar-refractivity contribution in [1.29, 1.82) is 0 Å². The summed E-state index contributed by atoms with van der Waals surface area (Å²) < 4.78 is 9.96. The quantitative estimate of drug-likeness (QED) is 0.470. The summed E-state index contributed by atoms with van der Waals surface area (Å²) in [6.07, 6.45) is 4.34. The summed E-state index contributed by atoms with van der Waals surface area (Å²) in [4.78, 5) is 24.5. The largest absolute Gasteiger partial charge is 0.467 e. The van der Waals surface area contributed by atoms with E-state index in [0.29, 0.717) is 28.3 Å². The third kappa shape index (κ3) is 5.65. The van der Waals surface area contributed by atoms with E-state index in [1.165, 1.54) is 24.5 Å². The Kier molecular flexibility index (Phi) is 7.26. The Morgan fingerprint density at radius 3 is 2.77 bits per heavy atom. The summed E-state index contributed by atoms with van der Waals surface area (Å²) in [5.41, 5.74) is 1.71. The van der Waals surface area contributed by atoms with Gasteiger partial charge in [-0.05, 0) is 19.8 Å². The number of nitrogens with zero attached hydrogens (tertiary/aromatic N) is 3. The molecule has 0 spiro atoms. The standard InChI is InChI=1S/C18H19N3O4S/c1-4-25-16(23)8-15(13-9-19-18(24-3)20-10-13)17-21-14(11-26-17)7-5-6-12(2)22/h8-12,22H,4,6H2,1-3H3/b15-8+. The van der Waals surface area contributed by atoms with Crippen molar-refractivity contribution in [3.8, 4) is 17.9 Å². The third-order valence-corrected chi connectivity index (χ3v) is 3.89. The fraction of sp³-hybridized carbons (Fsp3) is 0.333. The van der Waals surface area contributed by atoms with Gasteiger partial charge in [0.2, 0.25) is 0 Å². The number of hydrogen-bond donors (Lipinski definition) is 1. The van der Waals surface area contributed by atoms with Crippen LogP contribution in [0.25, 0.3) is 5.57 Å².